The van der Waals surface area contributed by atoms with E-state index in [1.165, 1.54) is 32.2 Å². The molecule has 2 nitrogen and oxygen atoms in total. The predicted octanol–water partition coefficient (Wildman–Crippen LogP) is 5.24. The van der Waals surface area contributed by atoms with E-state index in [0.717, 1.165) is 6.54 Å². The molecule has 2 heterocycles. The van der Waals surface area contributed by atoms with Crippen LogP contribution in [0.2, 0.25) is 0 Å². The highest BCUT2D eigenvalue weighted by Crippen LogP contribution is 2.44. The number of anilines is 1. The van der Waals surface area contributed by atoms with Gasteiger partial charge in [-0.15, -0.1) is 0 Å². The van der Waals surface area contributed by atoms with Crippen LogP contribution in [0.25, 0.3) is 17.0 Å². The zero-order chi connectivity index (χ0) is 17.2. The summed E-state index contributed by atoms with van der Waals surface area (Å²) in [6, 6.07) is 21.5. The Morgan fingerprint density at radius 3 is 2.64 bits per heavy atom. The fourth-order valence-electron chi connectivity index (χ4n) is 3.27. The monoisotopic (exact) mass is 345 g/mol. The summed E-state index contributed by atoms with van der Waals surface area (Å²) in [4.78, 5) is 3.57. The van der Waals surface area contributed by atoms with Gasteiger partial charge >= 0.3 is 0 Å². The maximum atomic E-state index is 2.35. The second-order valence-corrected chi connectivity index (χ2v) is 7.12. The van der Waals surface area contributed by atoms with E-state index in [0.29, 0.717) is 0 Å². The molecular formula is C22H21N2S+. The highest BCUT2D eigenvalue weighted by molar-refractivity contribution is 8.03. The van der Waals surface area contributed by atoms with Crippen molar-refractivity contribution in [3.8, 4) is 0 Å². The van der Waals surface area contributed by atoms with Crippen LogP contribution in [0.4, 0.5) is 5.69 Å². The van der Waals surface area contributed by atoms with Crippen LogP contribution in [0.15, 0.2) is 82.7 Å². The quantitative estimate of drug-likeness (QED) is 0.599. The number of aromatic nitrogens is 1. The van der Waals surface area contributed by atoms with Gasteiger partial charge in [-0.25, -0.2) is 0 Å². The molecule has 3 heteroatoms. The summed E-state index contributed by atoms with van der Waals surface area (Å²) in [5.41, 5.74) is 3.78. The van der Waals surface area contributed by atoms with E-state index in [-0.39, 0.29) is 0 Å². The van der Waals surface area contributed by atoms with Crippen LogP contribution in [0.3, 0.4) is 0 Å². The molecule has 0 aliphatic carbocycles. The predicted molar refractivity (Wildman–Crippen MR) is 108 cm³/mol. The Morgan fingerprint density at radius 2 is 1.80 bits per heavy atom. The van der Waals surface area contributed by atoms with Crippen LogP contribution in [-0.4, -0.2) is 7.05 Å². The Kier molecular flexibility index (Phi) is 4.33. The van der Waals surface area contributed by atoms with E-state index in [1.54, 1.807) is 0 Å². The van der Waals surface area contributed by atoms with Crippen molar-refractivity contribution < 1.29 is 4.57 Å². The van der Waals surface area contributed by atoms with Gasteiger partial charge in [0.15, 0.2) is 0 Å². The average Bonchev–Trinajstić information content (AvgIpc) is 2.97. The van der Waals surface area contributed by atoms with Gasteiger partial charge in [0.05, 0.1) is 10.7 Å². The highest BCUT2D eigenvalue weighted by atomic mass is 32.2. The maximum absolute atomic E-state index is 2.35. The number of hydrogen-bond acceptors (Lipinski definition) is 2. The van der Waals surface area contributed by atoms with Gasteiger partial charge in [0.1, 0.15) is 6.54 Å². The van der Waals surface area contributed by atoms with Crippen LogP contribution in [0, 0.1) is 0 Å². The van der Waals surface area contributed by atoms with Crippen molar-refractivity contribution in [3.05, 3.63) is 83.5 Å². The fraction of sp³-hybridized carbons (Fsp3) is 0.136. The first-order valence-corrected chi connectivity index (χ1v) is 9.40. The number of thioether (sulfide) groups is 1. The van der Waals surface area contributed by atoms with Gasteiger partial charge in [0.25, 0.3) is 0 Å². The number of hydrogen-bond donors (Lipinski definition) is 0. The Hall–Kier alpha value is -2.52. The van der Waals surface area contributed by atoms with E-state index >= 15 is 0 Å². The average molecular weight is 345 g/mol. The number of rotatable bonds is 3. The number of fused-ring (bicyclic) bond motifs is 2. The van der Waals surface area contributed by atoms with Crippen molar-refractivity contribution in [2.24, 2.45) is 0 Å². The lowest BCUT2D eigenvalue weighted by Gasteiger charge is -2.12. The van der Waals surface area contributed by atoms with Crippen molar-refractivity contribution in [3.63, 3.8) is 0 Å². The van der Waals surface area contributed by atoms with Crippen LogP contribution in [-0.2, 0) is 6.54 Å². The largest absolute Gasteiger partial charge is 0.338 e. The summed E-state index contributed by atoms with van der Waals surface area (Å²) in [5, 5.41) is 2.53. The first-order valence-electron chi connectivity index (χ1n) is 8.58. The number of allylic oxidation sites excluding steroid dienone is 2. The molecule has 0 saturated heterocycles. The number of nitrogens with zero attached hydrogens (tertiary/aromatic N) is 2. The minimum absolute atomic E-state index is 0.956. The minimum atomic E-state index is 0.956. The van der Waals surface area contributed by atoms with Gasteiger partial charge in [0.2, 0.25) is 11.2 Å². The Balaban J connectivity index is 1.64. The van der Waals surface area contributed by atoms with Crippen molar-refractivity contribution in [2.45, 2.75) is 18.4 Å². The number of para-hydroxylation sites is 2. The molecule has 0 spiro atoms. The second kappa shape index (κ2) is 6.77. The van der Waals surface area contributed by atoms with Gasteiger partial charge in [0, 0.05) is 35.5 Å². The standard InChI is InChI=1S/C22H21N2S/c1-3-24-18(16-15-17-9-4-5-11-19(17)24)10-8-14-22-23(2)20-12-6-7-13-21(20)25-22/h4-16H,3H2,1-2H3/q+1. The van der Waals surface area contributed by atoms with E-state index in [1.807, 2.05) is 11.8 Å². The molecule has 0 amide bonds. The van der Waals surface area contributed by atoms with Gasteiger partial charge in [-0.05, 0) is 37.3 Å². The summed E-state index contributed by atoms with van der Waals surface area (Å²) in [5.74, 6) is 0. The zero-order valence-electron chi connectivity index (χ0n) is 14.5. The molecule has 0 saturated carbocycles. The van der Waals surface area contributed by atoms with Crippen molar-refractivity contribution in [2.75, 3.05) is 11.9 Å². The van der Waals surface area contributed by atoms with Gasteiger partial charge in [-0.3, -0.25) is 0 Å². The van der Waals surface area contributed by atoms with Crippen LogP contribution >= 0.6 is 11.8 Å². The second-order valence-electron chi connectivity index (χ2n) is 6.05. The van der Waals surface area contributed by atoms with Crippen molar-refractivity contribution >= 4 is 34.4 Å². The molecule has 4 rings (SSSR count). The molecule has 2 aromatic carbocycles. The number of benzene rings is 2. The summed E-state index contributed by atoms with van der Waals surface area (Å²) in [6.45, 7) is 3.15. The molecule has 3 aromatic rings. The molecule has 0 atom stereocenters. The lowest BCUT2D eigenvalue weighted by molar-refractivity contribution is -0.669. The van der Waals surface area contributed by atoms with E-state index in [9.17, 15) is 0 Å². The molecule has 1 aliphatic rings. The van der Waals surface area contributed by atoms with Crippen LogP contribution < -0.4 is 9.47 Å². The molecule has 1 aromatic heterocycles. The summed E-state index contributed by atoms with van der Waals surface area (Å²) >= 11 is 1.82. The van der Waals surface area contributed by atoms with Crippen molar-refractivity contribution in [1.82, 2.24) is 0 Å². The third kappa shape index (κ3) is 2.96. The molecule has 25 heavy (non-hydrogen) atoms. The van der Waals surface area contributed by atoms with E-state index in [2.05, 4.69) is 102 Å². The Morgan fingerprint density at radius 1 is 1.00 bits per heavy atom. The molecule has 124 valence electrons. The van der Waals surface area contributed by atoms with E-state index < -0.39 is 0 Å². The van der Waals surface area contributed by atoms with E-state index in [4.69, 9.17) is 0 Å². The molecule has 0 N–H and O–H groups in total. The summed E-state index contributed by atoms with van der Waals surface area (Å²) in [6.07, 6.45) is 6.54. The third-order valence-corrected chi connectivity index (χ3v) is 5.75. The number of pyridine rings is 1. The number of aryl methyl sites for hydroxylation is 1. The molecule has 1 aliphatic heterocycles. The van der Waals surface area contributed by atoms with Gasteiger partial charge in [-0.2, -0.15) is 4.57 Å². The SMILES string of the molecule is CC[n+]1c(/C=C/C=C2/Sc3ccccc3N2C)ccc2ccccc21. The normalized spacial score (nSPS) is 15.4. The summed E-state index contributed by atoms with van der Waals surface area (Å²) in [7, 11) is 2.13. The summed E-state index contributed by atoms with van der Waals surface area (Å²) < 4.78 is 2.35. The molecule has 0 unspecified atom stereocenters. The molecule has 0 fully saturated rings. The van der Waals surface area contributed by atoms with Crippen LogP contribution in [0.5, 0.6) is 0 Å². The van der Waals surface area contributed by atoms with Gasteiger partial charge in [-0.1, -0.05) is 42.1 Å². The smallest absolute Gasteiger partial charge is 0.212 e. The topological polar surface area (TPSA) is 7.12 Å². The fourth-order valence-corrected chi connectivity index (χ4v) is 4.34. The zero-order valence-corrected chi connectivity index (χ0v) is 15.3. The van der Waals surface area contributed by atoms with Crippen LogP contribution in [0.1, 0.15) is 12.6 Å². The maximum Gasteiger partial charge on any atom is 0.212 e. The molecule has 0 bridgehead atoms. The first-order chi connectivity index (χ1) is 12.3. The first kappa shape index (κ1) is 16.0. The third-order valence-electron chi connectivity index (χ3n) is 4.57. The van der Waals surface area contributed by atoms with Gasteiger partial charge < -0.3 is 4.90 Å². The Labute approximate surface area is 153 Å². The molecular weight excluding hydrogens is 324 g/mol. The molecule has 0 radical (unpaired) electrons. The lowest BCUT2D eigenvalue weighted by atomic mass is 10.2. The minimum Gasteiger partial charge on any atom is -0.338 e. The lowest BCUT2D eigenvalue weighted by Crippen LogP contribution is -2.36. The Bertz CT molecular complexity index is 988. The van der Waals surface area contributed by atoms with Crippen molar-refractivity contribution in [1.29, 1.82) is 0 Å². The highest BCUT2D eigenvalue weighted by Gasteiger charge is 2.20.